The average Bonchev–Trinajstić information content (AvgIpc) is 3.03. The topological polar surface area (TPSA) is 121 Å². The van der Waals surface area contributed by atoms with Gasteiger partial charge in [-0.15, -0.1) is 0 Å². The summed E-state index contributed by atoms with van der Waals surface area (Å²) >= 11 is 0. The highest BCUT2D eigenvalue weighted by molar-refractivity contribution is 5.80. The fourth-order valence-electron chi connectivity index (χ4n) is 4.73. The summed E-state index contributed by atoms with van der Waals surface area (Å²) in [5, 5.41) is 8.91. The minimum atomic E-state index is -0.850. The standard InChI is InChI=1S/C18H23N3O7/c1-17(2)27-12-10(8-25-15(22)18-5-9(6-18)7-18)26-14(13(12)28-17)21-4-3-11(20-24)19-16(21)23/h3-4,9-10,12-14,24H,5-8H2,1-2H3,(H,19,20,23)/t9?,10-,12-,13-,14-,18?/m1/s1. The molecule has 3 saturated carbocycles. The summed E-state index contributed by atoms with van der Waals surface area (Å²) in [6.07, 6.45) is 1.85. The van der Waals surface area contributed by atoms with Gasteiger partial charge in [0, 0.05) is 6.20 Å². The van der Waals surface area contributed by atoms with Gasteiger partial charge in [0.25, 0.3) is 0 Å². The second kappa shape index (κ2) is 5.99. The maximum atomic E-state index is 12.4. The van der Waals surface area contributed by atoms with Crippen molar-refractivity contribution >= 4 is 11.8 Å². The molecule has 6 rings (SSSR count). The first-order valence-corrected chi connectivity index (χ1v) is 9.48. The molecule has 3 aliphatic carbocycles. The number of esters is 1. The van der Waals surface area contributed by atoms with E-state index >= 15 is 0 Å². The summed E-state index contributed by atoms with van der Waals surface area (Å²) < 4.78 is 24.8. The van der Waals surface area contributed by atoms with Crippen LogP contribution < -0.4 is 11.2 Å². The smallest absolute Gasteiger partial charge is 0.351 e. The summed E-state index contributed by atoms with van der Waals surface area (Å²) in [7, 11) is 0. The molecular weight excluding hydrogens is 370 g/mol. The molecule has 2 aliphatic heterocycles. The molecule has 4 atom stereocenters. The predicted molar refractivity (Wildman–Crippen MR) is 92.4 cm³/mol. The number of carbonyl (C=O) groups excluding carboxylic acids is 1. The van der Waals surface area contributed by atoms with Crippen LogP contribution >= 0.6 is 0 Å². The van der Waals surface area contributed by atoms with Crippen molar-refractivity contribution in [3.63, 3.8) is 0 Å². The molecule has 0 amide bonds. The van der Waals surface area contributed by atoms with Crippen LogP contribution in [0.1, 0.15) is 39.3 Å². The van der Waals surface area contributed by atoms with Gasteiger partial charge in [-0.25, -0.2) is 4.79 Å². The second-order valence-electron chi connectivity index (χ2n) is 8.60. The molecule has 152 valence electrons. The molecule has 0 radical (unpaired) electrons. The van der Waals surface area contributed by atoms with Crippen LogP contribution in [-0.2, 0) is 23.7 Å². The van der Waals surface area contributed by atoms with E-state index in [-0.39, 0.29) is 23.8 Å². The lowest BCUT2D eigenvalue weighted by Crippen LogP contribution is -2.57. The summed E-state index contributed by atoms with van der Waals surface area (Å²) in [5.41, 5.74) is 0.953. The van der Waals surface area contributed by atoms with E-state index in [1.807, 2.05) is 5.48 Å². The Morgan fingerprint density at radius 1 is 1.36 bits per heavy atom. The van der Waals surface area contributed by atoms with Crippen molar-refractivity contribution in [2.75, 3.05) is 12.1 Å². The van der Waals surface area contributed by atoms with E-state index in [0.717, 1.165) is 19.3 Å². The van der Waals surface area contributed by atoms with Gasteiger partial charge in [-0.05, 0) is 45.1 Å². The molecule has 1 aromatic rings. The third-order valence-electron chi connectivity index (χ3n) is 6.19. The van der Waals surface area contributed by atoms with Crippen molar-refractivity contribution in [3.8, 4) is 0 Å². The van der Waals surface area contributed by atoms with Crippen molar-refractivity contribution < 1.29 is 28.9 Å². The fourth-order valence-corrected chi connectivity index (χ4v) is 4.73. The van der Waals surface area contributed by atoms with Crippen LogP contribution in [0.5, 0.6) is 0 Å². The average molecular weight is 393 g/mol. The molecule has 3 heterocycles. The summed E-state index contributed by atoms with van der Waals surface area (Å²) in [6, 6.07) is 1.44. The zero-order valence-electron chi connectivity index (χ0n) is 15.7. The number of nitrogens with zero attached hydrogens (tertiary/aromatic N) is 2. The van der Waals surface area contributed by atoms with Gasteiger partial charge in [0.2, 0.25) is 0 Å². The van der Waals surface area contributed by atoms with Crippen molar-refractivity contribution in [1.29, 1.82) is 0 Å². The third-order valence-corrected chi connectivity index (χ3v) is 6.19. The number of carbonyl (C=O) groups is 1. The number of anilines is 1. The molecule has 10 nitrogen and oxygen atoms in total. The van der Waals surface area contributed by atoms with E-state index < -0.39 is 36.0 Å². The van der Waals surface area contributed by atoms with Gasteiger partial charge in [-0.3, -0.25) is 20.0 Å². The number of ether oxygens (including phenoxy) is 4. The Morgan fingerprint density at radius 3 is 2.68 bits per heavy atom. The highest BCUT2D eigenvalue weighted by Crippen LogP contribution is 2.64. The first-order valence-electron chi connectivity index (χ1n) is 9.48. The van der Waals surface area contributed by atoms with Gasteiger partial charge in [0.1, 0.15) is 24.9 Å². The van der Waals surface area contributed by atoms with E-state index in [9.17, 15) is 9.59 Å². The molecule has 5 fully saturated rings. The largest absolute Gasteiger partial charge is 0.462 e. The molecule has 2 bridgehead atoms. The quantitative estimate of drug-likeness (QED) is 0.553. The molecule has 0 aromatic carbocycles. The monoisotopic (exact) mass is 393 g/mol. The maximum Gasteiger partial charge on any atom is 0.351 e. The predicted octanol–water partition coefficient (Wildman–Crippen LogP) is 0.805. The first kappa shape index (κ1) is 18.0. The summed E-state index contributed by atoms with van der Waals surface area (Å²) in [4.78, 5) is 28.4. The van der Waals surface area contributed by atoms with Crippen LogP contribution in [0.25, 0.3) is 0 Å². The number of rotatable bonds is 5. The van der Waals surface area contributed by atoms with E-state index in [1.54, 1.807) is 13.8 Å². The van der Waals surface area contributed by atoms with Gasteiger partial charge < -0.3 is 18.9 Å². The fraction of sp³-hybridized carbons (Fsp3) is 0.722. The Kier molecular flexibility index (Phi) is 3.86. The second-order valence-corrected chi connectivity index (χ2v) is 8.60. The SMILES string of the molecule is CC1(C)O[C@@H]2[C@H](O1)[C@@H](COC(=O)C13CC(C1)C3)O[C@H]2n1ccc(NO)nc1=O. The summed E-state index contributed by atoms with van der Waals surface area (Å²) in [5.74, 6) is -0.304. The van der Waals surface area contributed by atoms with Crippen molar-refractivity contribution in [3.05, 3.63) is 22.7 Å². The number of hydrogen-bond acceptors (Lipinski definition) is 9. The van der Waals surface area contributed by atoms with E-state index in [2.05, 4.69) is 4.98 Å². The molecule has 0 spiro atoms. The molecule has 1 aromatic heterocycles. The minimum absolute atomic E-state index is 0.0313. The van der Waals surface area contributed by atoms with E-state index in [1.165, 1.54) is 16.8 Å². The third kappa shape index (κ3) is 2.66. The molecule has 2 N–H and O–H groups in total. The zero-order chi connectivity index (χ0) is 19.7. The van der Waals surface area contributed by atoms with Crippen molar-refractivity contribution in [2.24, 2.45) is 11.3 Å². The minimum Gasteiger partial charge on any atom is -0.462 e. The van der Waals surface area contributed by atoms with Crippen molar-refractivity contribution in [1.82, 2.24) is 9.55 Å². The molecule has 0 unspecified atom stereocenters. The first-order chi connectivity index (χ1) is 13.3. The normalized spacial score (nSPS) is 39.6. The lowest BCUT2D eigenvalue weighted by Gasteiger charge is -2.59. The Labute approximate surface area is 160 Å². The highest BCUT2D eigenvalue weighted by Gasteiger charge is 2.63. The highest BCUT2D eigenvalue weighted by atomic mass is 16.8. The van der Waals surface area contributed by atoms with Crippen LogP contribution in [0.3, 0.4) is 0 Å². The zero-order valence-corrected chi connectivity index (χ0v) is 15.7. The lowest BCUT2D eigenvalue weighted by molar-refractivity contribution is -0.211. The van der Waals surface area contributed by atoms with Gasteiger partial charge in [0.15, 0.2) is 17.8 Å². The number of nitrogens with one attached hydrogen (secondary N) is 1. The molecule has 28 heavy (non-hydrogen) atoms. The molecule has 5 aliphatic rings. The number of fused-ring (bicyclic) bond motifs is 1. The van der Waals surface area contributed by atoms with Gasteiger partial charge in [0.05, 0.1) is 5.41 Å². The van der Waals surface area contributed by atoms with Crippen LogP contribution in [0.4, 0.5) is 5.82 Å². The van der Waals surface area contributed by atoms with E-state index in [4.69, 9.17) is 24.2 Å². The Hall–Kier alpha value is -2.01. The van der Waals surface area contributed by atoms with Crippen LogP contribution in [-0.4, -0.2) is 51.4 Å². The molecule has 10 heteroatoms. The van der Waals surface area contributed by atoms with E-state index in [0.29, 0.717) is 5.92 Å². The molecular formula is C18H23N3O7. The molecule has 2 saturated heterocycles. The van der Waals surface area contributed by atoms with Gasteiger partial charge in [-0.2, -0.15) is 4.98 Å². The maximum absolute atomic E-state index is 12.4. The van der Waals surface area contributed by atoms with Crippen LogP contribution in [0.2, 0.25) is 0 Å². The number of hydrogen-bond donors (Lipinski definition) is 2. The Morgan fingerprint density at radius 2 is 2.07 bits per heavy atom. The van der Waals surface area contributed by atoms with Gasteiger partial charge in [-0.1, -0.05) is 0 Å². The Bertz CT molecular complexity index is 852. The number of aromatic nitrogens is 2. The van der Waals surface area contributed by atoms with Gasteiger partial charge >= 0.3 is 11.7 Å². The van der Waals surface area contributed by atoms with Crippen molar-refractivity contribution in [2.45, 2.75) is 63.4 Å². The van der Waals surface area contributed by atoms with Crippen LogP contribution in [0.15, 0.2) is 17.1 Å². The van der Waals surface area contributed by atoms with Crippen LogP contribution in [0, 0.1) is 11.3 Å². The lowest BCUT2D eigenvalue weighted by atomic mass is 9.44. The summed E-state index contributed by atoms with van der Waals surface area (Å²) in [6.45, 7) is 3.61. The Balaban J connectivity index is 1.34.